The number of benzene rings is 1. The summed E-state index contributed by atoms with van der Waals surface area (Å²) in [5, 5.41) is 14.3. The minimum atomic E-state index is -3.71. The summed E-state index contributed by atoms with van der Waals surface area (Å²) >= 11 is 3.20. The number of hydrogen-bond donors (Lipinski definition) is 2. The Morgan fingerprint density at radius 3 is 2.50 bits per heavy atom. The predicted octanol–water partition coefficient (Wildman–Crippen LogP) is 1.15. The molecule has 3 N–H and O–H groups in total. The van der Waals surface area contributed by atoms with E-state index in [-0.39, 0.29) is 4.90 Å². The van der Waals surface area contributed by atoms with Crippen LogP contribution >= 0.6 is 15.9 Å². The molecule has 1 aromatic carbocycles. The molecular formula is C8H10BrNO3S. The number of aliphatic hydroxyl groups excluding tert-OH is 1. The lowest BCUT2D eigenvalue weighted by atomic mass is 10.1. The van der Waals surface area contributed by atoms with Crippen molar-refractivity contribution < 1.29 is 13.5 Å². The molecule has 4 nitrogen and oxygen atoms in total. The quantitative estimate of drug-likeness (QED) is 0.852. The van der Waals surface area contributed by atoms with E-state index < -0.39 is 16.1 Å². The summed E-state index contributed by atoms with van der Waals surface area (Å²) in [6.07, 6.45) is -0.744. The molecule has 0 aliphatic carbocycles. The van der Waals surface area contributed by atoms with Crippen molar-refractivity contribution in [2.45, 2.75) is 17.9 Å². The minimum Gasteiger partial charge on any atom is -0.389 e. The Labute approximate surface area is 90.9 Å². The van der Waals surface area contributed by atoms with Gasteiger partial charge in [0.15, 0.2) is 0 Å². The summed E-state index contributed by atoms with van der Waals surface area (Å²) in [7, 11) is -3.71. The topological polar surface area (TPSA) is 80.4 Å². The van der Waals surface area contributed by atoms with Crippen molar-refractivity contribution in [2.75, 3.05) is 0 Å². The number of hydrogen-bond acceptors (Lipinski definition) is 3. The van der Waals surface area contributed by atoms with Crippen LogP contribution in [0.2, 0.25) is 0 Å². The van der Waals surface area contributed by atoms with Crippen LogP contribution in [0.25, 0.3) is 0 Å². The van der Waals surface area contributed by atoms with Crippen molar-refractivity contribution in [3.8, 4) is 0 Å². The molecule has 6 heteroatoms. The van der Waals surface area contributed by atoms with Gasteiger partial charge in [0.05, 0.1) is 11.0 Å². The number of aliphatic hydroxyl groups is 1. The zero-order valence-electron chi connectivity index (χ0n) is 7.44. The summed E-state index contributed by atoms with van der Waals surface area (Å²) in [6, 6.07) is 4.27. The Morgan fingerprint density at radius 1 is 1.50 bits per heavy atom. The maximum atomic E-state index is 11.0. The molecule has 1 aromatic rings. The Hall–Kier alpha value is -0.430. The zero-order chi connectivity index (χ0) is 10.9. The van der Waals surface area contributed by atoms with Gasteiger partial charge in [-0.2, -0.15) is 0 Å². The average molecular weight is 280 g/mol. The molecule has 0 amide bonds. The van der Waals surface area contributed by atoms with E-state index in [0.717, 1.165) is 0 Å². The van der Waals surface area contributed by atoms with Gasteiger partial charge in [0.25, 0.3) is 0 Å². The van der Waals surface area contributed by atoms with Crippen LogP contribution in [0.4, 0.5) is 0 Å². The fourth-order valence-electron chi connectivity index (χ4n) is 1.02. The highest BCUT2D eigenvalue weighted by molar-refractivity contribution is 9.10. The van der Waals surface area contributed by atoms with Gasteiger partial charge in [0.1, 0.15) is 0 Å². The molecular weight excluding hydrogens is 270 g/mol. The van der Waals surface area contributed by atoms with Crippen LogP contribution < -0.4 is 5.14 Å². The number of nitrogens with two attached hydrogens (primary N) is 1. The number of rotatable bonds is 2. The molecule has 1 atom stereocenters. The minimum absolute atomic E-state index is 0.00315. The number of primary sulfonamides is 1. The number of halogens is 1. The van der Waals surface area contributed by atoms with Crippen LogP contribution in [-0.2, 0) is 10.0 Å². The van der Waals surface area contributed by atoms with E-state index >= 15 is 0 Å². The highest BCUT2D eigenvalue weighted by Crippen LogP contribution is 2.25. The second kappa shape index (κ2) is 3.98. The van der Waals surface area contributed by atoms with Crippen molar-refractivity contribution in [1.29, 1.82) is 0 Å². The van der Waals surface area contributed by atoms with Gasteiger partial charge in [-0.1, -0.05) is 15.9 Å². The molecule has 0 aliphatic heterocycles. The monoisotopic (exact) mass is 279 g/mol. The molecule has 0 radical (unpaired) electrons. The van der Waals surface area contributed by atoms with Crippen molar-refractivity contribution in [2.24, 2.45) is 5.14 Å². The van der Waals surface area contributed by atoms with Crippen molar-refractivity contribution in [1.82, 2.24) is 0 Å². The lowest BCUT2D eigenvalue weighted by Gasteiger charge is -2.08. The molecule has 0 aliphatic rings. The van der Waals surface area contributed by atoms with Crippen LogP contribution in [0.3, 0.4) is 0 Å². The van der Waals surface area contributed by atoms with Crippen molar-refractivity contribution >= 4 is 26.0 Å². The second-order valence-electron chi connectivity index (χ2n) is 2.90. The Kier molecular flexibility index (Phi) is 3.31. The molecule has 0 saturated heterocycles. The second-order valence-corrected chi connectivity index (χ2v) is 5.32. The standard InChI is InChI=1S/C8H10BrNO3S/c1-5(11)7-4-6(14(10,12)13)2-3-8(7)9/h2-5,11H,1H3,(H2,10,12,13). The first-order valence-electron chi connectivity index (χ1n) is 3.82. The van der Waals surface area contributed by atoms with E-state index in [1.54, 1.807) is 13.0 Å². The smallest absolute Gasteiger partial charge is 0.238 e. The largest absolute Gasteiger partial charge is 0.389 e. The van der Waals surface area contributed by atoms with E-state index in [4.69, 9.17) is 5.14 Å². The lowest BCUT2D eigenvalue weighted by Crippen LogP contribution is -2.12. The SMILES string of the molecule is CC(O)c1cc(S(N)(=O)=O)ccc1Br. The van der Waals surface area contributed by atoms with Crippen LogP contribution in [0.15, 0.2) is 27.6 Å². The number of sulfonamides is 1. The normalized spacial score (nSPS) is 14.0. The fraction of sp³-hybridized carbons (Fsp3) is 0.250. The zero-order valence-corrected chi connectivity index (χ0v) is 9.84. The van der Waals surface area contributed by atoms with Gasteiger partial charge in [-0.05, 0) is 30.7 Å². The van der Waals surface area contributed by atoms with Crippen LogP contribution in [0, 0.1) is 0 Å². The Balaban J connectivity index is 3.34. The van der Waals surface area contributed by atoms with Gasteiger partial charge in [-0.15, -0.1) is 0 Å². The van der Waals surface area contributed by atoms with Crippen molar-refractivity contribution in [3.05, 3.63) is 28.2 Å². The highest BCUT2D eigenvalue weighted by Gasteiger charge is 2.12. The highest BCUT2D eigenvalue weighted by atomic mass is 79.9. The summed E-state index contributed by atoms with van der Waals surface area (Å²) in [5.41, 5.74) is 0.497. The van der Waals surface area contributed by atoms with Crippen LogP contribution in [-0.4, -0.2) is 13.5 Å². The maximum Gasteiger partial charge on any atom is 0.238 e. The molecule has 0 bridgehead atoms. The molecule has 0 saturated carbocycles. The van der Waals surface area contributed by atoms with Gasteiger partial charge in [0.2, 0.25) is 10.0 Å². The lowest BCUT2D eigenvalue weighted by molar-refractivity contribution is 0.198. The third-order valence-corrected chi connectivity index (χ3v) is 3.38. The molecule has 1 unspecified atom stereocenters. The molecule has 0 spiro atoms. The van der Waals surface area contributed by atoms with Crippen LogP contribution in [0.1, 0.15) is 18.6 Å². The van der Waals surface area contributed by atoms with Gasteiger partial charge >= 0.3 is 0 Å². The summed E-state index contributed by atoms with van der Waals surface area (Å²) in [4.78, 5) is -0.00315. The van der Waals surface area contributed by atoms with Crippen LogP contribution in [0.5, 0.6) is 0 Å². The Bertz CT molecular complexity index is 442. The van der Waals surface area contributed by atoms with E-state index in [0.29, 0.717) is 10.0 Å². The molecule has 78 valence electrons. The van der Waals surface area contributed by atoms with Crippen molar-refractivity contribution in [3.63, 3.8) is 0 Å². The summed E-state index contributed by atoms with van der Waals surface area (Å²) in [5.74, 6) is 0. The maximum absolute atomic E-state index is 11.0. The first-order valence-corrected chi connectivity index (χ1v) is 6.16. The van der Waals surface area contributed by atoms with Gasteiger partial charge in [-0.3, -0.25) is 0 Å². The van der Waals surface area contributed by atoms with Gasteiger partial charge in [-0.25, -0.2) is 13.6 Å². The predicted molar refractivity (Wildman–Crippen MR) is 56.1 cm³/mol. The first-order chi connectivity index (χ1) is 6.32. The third-order valence-electron chi connectivity index (χ3n) is 1.75. The van der Waals surface area contributed by atoms with Gasteiger partial charge in [0, 0.05) is 4.47 Å². The fourth-order valence-corrected chi connectivity index (χ4v) is 2.15. The van der Waals surface area contributed by atoms with E-state index in [9.17, 15) is 13.5 Å². The van der Waals surface area contributed by atoms with Gasteiger partial charge < -0.3 is 5.11 Å². The molecule has 14 heavy (non-hydrogen) atoms. The van der Waals surface area contributed by atoms with E-state index in [1.807, 2.05) is 0 Å². The Morgan fingerprint density at radius 2 is 2.07 bits per heavy atom. The molecule has 1 rings (SSSR count). The van der Waals surface area contributed by atoms with E-state index in [1.165, 1.54) is 12.1 Å². The molecule has 0 fully saturated rings. The molecule has 0 heterocycles. The van der Waals surface area contributed by atoms with E-state index in [2.05, 4.69) is 15.9 Å². The first kappa shape index (κ1) is 11.6. The molecule has 0 aromatic heterocycles. The average Bonchev–Trinajstić information content (AvgIpc) is 2.02. The third kappa shape index (κ3) is 2.54. The summed E-state index contributed by atoms with van der Waals surface area (Å²) in [6.45, 7) is 1.55. The summed E-state index contributed by atoms with van der Waals surface area (Å²) < 4.78 is 22.7.